The van der Waals surface area contributed by atoms with Crippen molar-refractivity contribution in [3.63, 3.8) is 0 Å². The number of urea groups is 1. The van der Waals surface area contributed by atoms with E-state index in [1.165, 1.54) is 4.90 Å². The summed E-state index contributed by atoms with van der Waals surface area (Å²) in [6.07, 6.45) is -2.84. The lowest BCUT2D eigenvalue weighted by Gasteiger charge is -2.44. The number of halogens is 5. The summed E-state index contributed by atoms with van der Waals surface area (Å²) < 4.78 is 85.3. The van der Waals surface area contributed by atoms with E-state index in [4.69, 9.17) is 13.8 Å². The van der Waals surface area contributed by atoms with E-state index < -0.39 is 54.1 Å². The molecule has 242 valence electrons. The number of rotatable bonds is 7. The van der Waals surface area contributed by atoms with Crippen molar-refractivity contribution in [3.8, 4) is 0 Å². The van der Waals surface area contributed by atoms with Crippen molar-refractivity contribution >= 4 is 23.0 Å². The molecular formula is C29H31F5N6O5. The number of benzene rings is 1. The number of carbonyl (C=O) groups excluding carboxylic acids is 2. The summed E-state index contributed by atoms with van der Waals surface area (Å²) in [4.78, 5) is 32.1. The van der Waals surface area contributed by atoms with Gasteiger partial charge in [0.25, 0.3) is 5.91 Å². The Morgan fingerprint density at radius 3 is 2.47 bits per heavy atom. The quantitative estimate of drug-likeness (QED) is 0.331. The molecule has 1 aromatic carbocycles. The van der Waals surface area contributed by atoms with Crippen molar-refractivity contribution in [1.29, 1.82) is 0 Å². The Bertz CT molecular complexity index is 1590. The highest BCUT2D eigenvalue weighted by Crippen LogP contribution is 2.45. The van der Waals surface area contributed by atoms with Gasteiger partial charge in [0, 0.05) is 32.0 Å². The molecule has 16 heteroatoms. The molecule has 2 aliphatic carbocycles. The Morgan fingerprint density at radius 1 is 1.07 bits per heavy atom. The van der Waals surface area contributed by atoms with Gasteiger partial charge < -0.3 is 24.7 Å². The van der Waals surface area contributed by atoms with E-state index in [1.807, 2.05) is 0 Å². The second-order valence-electron chi connectivity index (χ2n) is 12.4. The minimum absolute atomic E-state index is 0.0320. The summed E-state index contributed by atoms with van der Waals surface area (Å²) in [6, 6.07) is 1.29. The van der Waals surface area contributed by atoms with Gasteiger partial charge in [-0.1, -0.05) is 11.2 Å². The fourth-order valence-corrected chi connectivity index (χ4v) is 6.85. The Labute approximate surface area is 253 Å². The van der Waals surface area contributed by atoms with Crippen LogP contribution >= 0.6 is 0 Å². The van der Waals surface area contributed by atoms with E-state index in [9.17, 15) is 31.5 Å². The highest BCUT2D eigenvalue weighted by atomic mass is 19.4. The number of nitrogens with one attached hydrogen (secondary N) is 2. The first kappa shape index (κ1) is 29.9. The SMILES string of the molecule is O=C(NC(c1nc2cc(C3(N4CC(C(F)(F)F)NC4=O)CCOCC3)ccc2o1)C1CCC(F)(F)CC1)c1nonc1C1CC1. The third-order valence-electron chi connectivity index (χ3n) is 9.56. The van der Waals surface area contributed by atoms with Gasteiger partial charge in [-0.05, 0) is 67.3 Å². The molecule has 0 spiro atoms. The van der Waals surface area contributed by atoms with Crippen LogP contribution in [0.15, 0.2) is 27.2 Å². The van der Waals surface area contributed by atoms with Crippen LogP contribution < -0.4 is 10.6 Å². The maximum Gasteiger partial charge on any atom is 0.410 e. The van der Waals surface area contributed by atoms with Crippen LogP contribution in [0.1, 0.15) is 91.0 Å². The number of hydrogen-bond donors (Lipinski definition) is 2. The van der Waals surface area contributed by atoms with Gasteiger partial charge in [-0.3, -0.25) is 4.79 Å². The second-order valence-corrected chi connectivity index (χ2v) is 12.4. The van der Waals surface area contributed by atoms with Crippen molar-refractivity contribution in [2.75, 3.05) is 19.8 Å². The van der Waals surface area contributed by atoms with Gasteiger partial charge >= 0.3 is 12.2 Å². The van der Waals surface area contributed by atoms with Crippen molar-refractivity contribution in [2.24, 2.45) is 5.92 Å². The largest absolute Gasteiger partial charge is 0.438 e. The summed E-state index contributed by atoms with van der Waals surface area (Å²) >= 11 is 0. The lowest BCUT2D eigenvalue weighted by Crippen LogP contribution is -2.51. The average Bonchev–Trinajstić information content (AvgIpc) is 3.37. The van der Waals surface area contributed by atoms with Crippen LogP contribution in [0.2, 0.25) is 0 Å². The molecule has 2 atom stereocenters. The molecule has 3 aromatic rings. The van der Waals surface area contributed by atoms with Crippen LogP contribution in [0, 0.1) is 5.92 Å². The predicted molar refractivity (Wildman–Crippen MR) is 144 cm³/mol. The monoisotopic (exact) mass is 638 g/mol. The minimum Gasteiger partial charge on any atom is -0.438 e. The number of nitrogens with zero attached hydrogens (tertiary/aromatic N) is 4. The molecule has 11 nitrogen and oxygen atoms in total. The second kappa shape index (κ2) is 10.9. The third-order valence-corrected chi connectivity index (χ3v) is 9.56. The number of alkyl halides is 5. The van der Waals surface area contributed by atoms with Crippen molar-refractivity contribution in [2.45, 2.75) is 87.0 Å². The van der Waals surface area contributed by atoms with Crippen LogP contribution in [-0.4, -0.2) is 70.0 Å². The molecular weight excluding hydrogens is 607 g/mol. The topological polar surface area (TPSA) is 136 Å². The van der Waals surface area contributed by atoms with E-state index in [1.54, 1.807) is 18.2 Å². The number of aromatic nitrogens is 3. The normalized spacial score (nSPS) is 24.5. The van der Waals surface area contributed by atoms with Crippen molar-refractivity contribution in [3.05, 3.63) is 41.0 Å². The van der Waals surface area contributed by atoms with E-state index in [0.29, 0.717) is 22.4 Å². The van der Waals surface area contributed by atoms with Crippen LogP contribution in [-0.2, 0) is 10.3 Å². The van der Waals surface area contributed by atoms with Gasteiger partial charge in [-0.25, -0.2) is 23.2 Å². The molecule has 2 saturated carbocycles. The standard InChI is InChI=1S/C29H31F5N6O5/c30-28(31)7-5-16(6-8-28)22(37-24(41)23-21(15-1-2-15)38-45-39-23)25-35-18-13-17(3-4-19(18)44-25)27(9-11-43-12-10-27)40-14-20(29(32,33)34)36-26(40)42/h3-4,13,15-16,20,22H,1-2,5-12,14H2,(H,36,42)(H,37,41). The van der Waals surface area contributed by atoms with Crippen molar-refractivity contribution in [1.82, 2.24) is 30.8 Å². The highest BCUT2D eigenvalue weighted by molar-refractivity contribution is 5.93. The zero-order valence-corrected chi connectivity index (χ0v) is 24.0. The molecule has 45 heavy (non-hydrogen) atoms. The van der Waals surface area contributed by atoms with Crippen LogP contribution in [0.4, 0.5) is 26.7 Å². The number of fused-ring (bicyclic) bond motifs is 1. The summed E-state index contributed by atoms with van der Waals surface area (Å²) in [5, 5.41) is 12.6. The Kier molecular flexibility index (Phi) is 7.24. The maximum atomic E-state index is 14.1. The predicted octanol–water partition coefficient (Wildman–Crippen LogP) is 5.35. The van der Waals surface area contributed by atoms with Gasteiger partial charge in [0.05, 0.1) is 12.1 Å². The highest BCUT2D eigenvalue weighted by Gasteiger charge is 2.53. The average molecular weight is 639 g/mol. The minimum atomic E-state index is -4.61. The first-order valence-corrected chi connectivity index (χ1v) is 15.1. The lowest BCUT2D eigenvalue weighted by molar-refractivity contribution is -0.151. The molecule has 2 aromatic heterocycles. The summed E-state index contributed by atoms with van der Waals surface area (Å²) in [6.45, 7) is -0.0733. The van der Waals surface area contributed by atoms with E-state index in [2.05, 4.69) is 25.9 Å². The summed E-state index contributed by atoms with van der Waals surface area (Å²) in [5.41, 5.74) is 0.641. The van der Waals surface area contributed by atoms with Crippen LogP contribution in [0.5, 0.6) is 0 Å². The summed E-state index contributed by atoms with van der Waals surface area (Å²) in [5.74, 6) is -3.62. The number of carbonyl (C=O) groups is 2. The third kappa shape index (κ3) is 5.61. The molecule has 0 radical (unpaired) electrons. The molecule has 4 heterocycles. The molecule has 2 unspecified atom stereocenters. The number of oxazole rings is 1. The van der Waals surface area contributed by atoms with Gasteiger partial charge in [-0.15, -0.1) is 0 Å². The Balaban J connectivity index is 1.22. The smallest absolute Gasteiger partial charge is 0.410 e. The van der Waals surface area contributed by atoms with Gasteiger partial charge in [-0.2, -0.15) is 13.2 Å². The molecule has 4 fully saturated rings. The molecule has 2 saturated heterocycles. The van der Waals surface area contributed by atoms with E-state index in [-0.39, 0.29) is 69.2 Å². The maximum absolute atomic E-state index is 14.1. The van der Waals surface area contributed by atoms with Gasteiger partial charge in [0.2, 0.25) is 11.8 Å². The fourth-order valence-electron chi connectivity index (χ4n) is 6.85. The Hall–Kier alpha value is -3.82. The fraction of sp³-hybridized carbons (Fsp3) is 0.621. The number of ether oxygens (including phenoxy) is 1. The molecule has 0 bridgehead atoms. The van der Waals surface area contributed by atoms with Gasteiger partial charge in [0.1, 0.15) is 23.3 Å². The molecule has 3 amide bonds. The molecule has 2 aliphatic heterocycles. The van der Waals surface area contributed by atoms with Crippen LogP contribution in [0.3, 0.4) is 0 Å². The Morgan fingerprint density at radius 2 is 1.80 bits per heavy atom. The zero-order valence-electron chi connectivity index (χ0n) is 24.0. The van der Waals surface area contributed by atoms with E-state index in [0.717, 1.165) is 12.8 Å². The first-order chi connectivity index (χ1) is 21.4. The molecule has 2 N–H and O–H groups in total. The first-order valence-electron chi connectivity index (χ1n) is 15.1. The van der Waals surface area contributed by atoms with Crippen molar-refractivity contribution < 1.29 is 45.3 Å². The molecule has 4 aliphatic rings. The number of hydrogen-bond acceptors (Lipinski definition) is 8. The molecule has 7 rings (SSSR count). The summed E-state index contributed by atoms with van der Waals surface area (Å²) in [7, 11) is 0. The van der Waals surface area contributed by atoms with Crippen LogP contribution in [0.25, 0.3) is 11.1 Å². The van der Waals surface area contributed by atoms with Gasteiger partial charge in [0.15, 0.2) is 11.3 Å². The zero-order chi connectivity index (χ0) is 31.6. The number of amides is 3. The lowest BCUT2D eigenvalue weighted by atomic mass is 9.81. The van der Waals surface area contributed by atoms with E-state index >= 15 is 0 Å².